The first kappa shape index (κ1) is 21.6. The van der Waals surface area contributed by atoms with Crippen molar-refractivity contribution in [1.82, 2.24) is 0 Å². The molecule has 0 amide bonds. The molecule has 1 spiro atoms. The van der Waals surface area contributed by atoms with E-state index in [1.807, 2.05) is 18.2 Å². The van der Waals surface area contributed by atoms with Gasteiger partial charge in [0.25, 0.3) is 6.02 Å². The van der Waals surface area contributed by atoms with Crippen LogP contribution >= 0.6 is 0 Å². The van der Waals surface area contributed by atoms with Crippen molar-refractivity contribution in [3.8, 4) is 17.2 Å². The number of nitrogens with zero attached hydrogens (tertiary/aromatic N) is 1. The zero-order valence-electron chi connectivity index (χ0n) is 16.9. The van der Waals surface area contributed by atoms with Crippen LogP contribution in [0.25, 0.3) is 5.57 Å². The zero-order valence-corrected chi connectivity index (χ0v) is 17.7. The van der Waals surface area contributed by atoms with Crippen molar-refractivity contribution in [3.63, 3.8) is 0 Å². The lowest BCUT2D eigenvalue weighted by molar-refractivity contribution is -0.0500. The molecule has 5 rings (SSSR count). The van der Waals surface area contributed by atoms with Crippen LogP contribution in [-0.4, -0.2) is 39.8 Å². The molecule has 0 radical (unpaired) electrons. The van der Waals surface area contributed by atoms with Crippen molar-refractivity contribution >= 4 is 21.7 Å². The highest BCUT2D eigenvalue weighted by molar-refractivity contribution is 7.88. The number of hydrogen-bond acceptors (Lipinski definition) is 8. The summed E-state index contributed by atoms with van der Waals surface area (Å²) in [5, 5.41) is 0. The van der Waals surface area contributed by atoms with Crippen molar-refractivity contribution in [2.75, 3.05) is 19.8 Å². The van der Waals surface area contributed by atoms with Gasteiger partial charge in [-0.25, -0.2) is 4.99 Å². The highest BCUT2D eigenvalue weighted by Gasteiger charge is 2.50. The van der Waals surface area contributed by atoms with Gasteiger partial charge in [-0.2, -0.15) is 21.6 Å². The quantitative estimate of drug-likeness (QED) is 0.527. The van der Waals surface area contributed by atoms with E-state index in [4.69, 9.17) is 19.9 Å². The molecule has 1 unspecified atom stereocenters. The lowest BCUT2D eigenvalue weighted by Crippen LogP contribution is -2.32. The first-order valence-electron chi connectivity index (χ1n) is 9.82. The van der Waals surface area contributed by atoms with Gasteiger partial charge in [0.15, 0.2) is 5.54 Å². The van der Waals surface area contributed by atoms with Crippen LogP contribution in [0, 0.1) is 0 Å². The summed E-state index contributed by atoms with van der Waals surface area (Å²) in [4.78, 5) is 4.46. The summed E-state index contributed by atoms with van der Waals surface area (Å²) in [6, 6.07) is 8.96. The normalized spacial score (nSPS) is 21.9. The van der Waals surface area contributed by atoms with Crippen molar-refractivity contribution in [1.29, 1.82) is 0 Å². The Morgan fingerprint density at radius 2 is 1.82 bits per heavy atom. The van der Waals surface area contributed by atoms with E-state index >= 15 is 0 Å². The Morgan fingerprint density at radius 1 is 1.09 bits per heavy atom. The second-order valence-electron chi connectivity index (χ2n) is 7.61. The lowest BCUT2D eigenvalue weighted by atomic mass is 9.80. The number of ether oxygens (including phenoxy) is 3. The number of aliphatic imine (C=N–C) groups is 1. The van der Waals surface area contributed by atoms with Gasteiger partial charge in [0.1, 0.15) is 23.9 Å². The summed E-state index contributed by atoms with van der Waals surface area (Å²) in [6.07, 6.45) is 2.67. The molecule has 33 heavy (non-hydrogen) atoms. The maximum absolute atomic E-state index is 12.8. The van der Waals surface area contributed by atoms with Gasteiger partial charge >= 0.3 is 15.6 Å². The van der Waals surface area contributed by atoms with E-state index in [2.05, 4.69) is 9.18 Å². The number of hydrogen-bond donors (Lipinski definition) is 1. The minimum Gasteiger partial charge on any atom is -0.462 e. The van der Waals surface area contributed by atoms with Crippen molar-refractivity contribution in [3.05, 3.63) is 59.2 Å². The molecule has 3 aliphatic rings. The predicted molar refractivity (Wildman–Crippen MR) is 110 cm³/mol. The topological polar surface area (TPSA) is 109 Å². The molecule has 1 atom stereocenters. The zero-order chi connectivity index (χ0) is 23.4. The predicted octanol–water partition coefficient (Wildman–Crippen LogP) is 3.41. The summed E-state index contributed by atoms with van der Waals surface area (Å²) >= 11 is 0. The maximum atomic E-state index is 12.8. The standard InChI is InChI=1S/C21H17F3N2O6S/c22-21(23,24)33(27,28)32-14-2-4-18-16(10-14)20(11-30-19(25)26-20)15-9-13(1-3-17(15)31-18)12-5-7-29-8-6-12/h1-5,9-10H,6-8,11H2,(H2,25,26). The van der Waals surface area contributed by atoms with Gasteiger partial charge in [-0.3, -0.25) is 0 Å². The minimum atomic E-state index is -5.86. The molecule has 0 aromatic heterocycles. The maximum Gasteiger partial charge on any atom is 0.534 e. The van der Waals surface area contributed by atoms with Gasteiger partial charge in [0, 0.05) is 11.1 Å². The smallest absolute Gasteiger partial charge is 0.462 e. The molecular weight excluding hydrogens is 465 g/mol. The fraction of sp³-hybridized carbons (Fsp3) is 0.286. The Balaban J connectivity index is 1.63. The number of nitrogens with two attached hydrogens (primary N) is 1. The molecule has 174 valence electrons. The van der Waals surface area contributed by atoms with Crippen LogP contribution in [0.5, 0.6) is 17.2 Å². The van der Waals surface area contributed by atoms with E-state index < -0.39 is 26.9 Å². The lowest BCUT2D eigenvalue weighted by Gasteiger charge is -2.34. The molecule has 12 heteroatoms. The van der Waals surface area contributed by atoms with Gasteiger partial charge in [-0.05, 0) is 47.9 Å². The third-order valence-corrected chi connectivity index (χ3v) is 6.57. The average molecular weight is 482 g/mol. The average Bonchev–Trinajstić information content (AvgIpc) is 3.16. The molecule has 2 aromatic carbocycles. The van der Waals surface area contributed by atoms with Crippen LogP contribution in [0.2, 0.25) is 0 Å². The van der Waals surface area contributed by atoms with Crippen molar-refractivity contribution in [2.24, 2.45) is 10.7 Å². The molecule has 0 bridgehead atoms. The van der Waals surface area contributed by atoms with Crippen molar-refractivity contribution < 1.29 is 40.0 Å². The fourth-order valence-corrected chi connectivity index (χ4v) is 4.50. The summed E-state index contributed by atoms with van der Waals surface area (Å²) in [5.41, 5.74) is 1.80. The molecular formula is C21H17F3N2O6S. The summed E-state index contributed by atoms with van der Waals surface area (Å²) in [7, 11) is -5.86. The molecule has 3 aliphatic heterocycles. The third kappa shape index (κ3) is 3.59. The molecule has 3 heterocycles. The van der Waals surface area contributed by atoms with E-state index in [1.54, 1.807) is 6.07 Å². The number of benzene rings is 2. The molecule has 0 saturated carbocycles. The van der Waals surface area contributed by atoms with Crippen LogP contribution in [0.4, 0.5) is 13.2 Å². The molecule has 0 saturated heterocycles. The van der Waals surface area contributed by atoms with E-state index in [1.165, 1.54) is 6.07 Å². The Morgan fingerprint density at radius 3 is 2.45 bits per heavy atom. The molecule has 2 aromatic rings. The Labute approximate surface area is 186 Å². The van der Waals surface area contributed by atoms with Crippen LogP contribution in [0.1, 0.15) is 23.1 Å². The number of fused-ring (bicyclic) bond motifs is 4. The number of halogens is 3. The van der Waals surface area contributed by atoms with Crippen LogP contribution in [-0.2, 0) is 25.1 Å². The van der Waals surface area contributed by atoms with E-state index in [-0.39, 0.29) is 23.9 Å². The summed E-state index contributed by atoms with van der Waals surface area (Å²) in [5.74, 6) is 0.193. The molecule has 0 fully saturated rings. The first-order chi connectivity index (χ1) is 15.6. The first-order valence-corrected chi connectivity index (χ1v) is 11.2. The van der Waals surface area contributed by atoms with Crippen LogP contribution in [0.3, 0.4) is 0 Å². The molecule has 0 aliphatic carbocycles. The molecule has 2 N–H and O–H groups in total. The highest BCUT2D eigenvalue weighted by Crippen LogP contribution is 2.52. The van der Waals surface area contributed by atoms with Crippen LogP contribution < -0.4 is 14.7 Å². The second-order valence-corrected chi connectivity index (χ2v) is 9.15. The van der Waals surface area contributed by atoms with E-state index in [0.717, 1.165) is 23.3 Å². The number of amidine groups is 1. The number of rotatable bonds is 3. The summed E-state index contributed by atoms with van der Waals surface area (Å²) in [6.45, 7) is 1.01. The SMILES string of the molecule is NC1=NC2(CO1)c1cc(OS(=O)(=O)C(F)(F)F)ccc1Oc1ccc(C3=CCOCC3)cc12. The second kappa shape index (κ2) is 7.39. The monoisotopic (exact) mass is 482 g/mol. The van der Waals surface area contributed by atoms with Crippen LogP contribution in [0.15, 0.2) is 47.5 Å². The summed E-state index contributed by atoms with van der Waals surface area (Å²) < 4.78 is 82.5. The Hall–Kier alpha value is -3.25. The minimum absolute atomic E-state index is 0.0523. The van der Waals surface area contributed by atoms with Gasteiger partial charge in [0.05, 0.1) is 13.2 Å². The fourth-order valence-electron chi connectivity index (χ4n) is 4.05. The van der Waals surface area contributed by atoms with Gasteiger partial charge in [-0.1, -0.05) is 12.1 Å². The van der Waals surface area contributed by atoms with Gasteiger partial charge < -0.3 is 24.1 Å². The number of alkyl halides is 3. The third-order valence-electron chi connectivity index (χ3n) is 5.60. The largest absolute Gasteiger partial charge is 0.534 e. The van der Waals surface area contributed by atoms with Gasteiger partial charge in [-0.15, -0.1) is 0 Å². The highest BCUT2D eigenvalue weighted by atomic mass is 32.2. The Kier molecular flexibility index (Phi) is 4.83. The van der Waals surface area contributed by atoms with E-state index in [9.17, 15) is 21.6 Å². The van der Waals surface area contributed by atoms with Crippen molar-refractivity contribution in [2.45, 2.75) is 17.5 Å². The van der Waals surface area contributed by atoms with Gasteiger partial charge in [0.2, 0.25) is 0 Å². The Bertz CT molecular complexity index is 1310. The van der Waals surface area contributed by atoms with E-state index in [0.29, 0.717) is 30.9 Å². The molecule has 8 nitrogen and oxygen atoms in total.